The summed E-state index contributed by atoms with van der Waals surface area (Å²) in [4.78, 5) is 14.9. The van der Waals surface area contributed by atoms with Crippen LogP contribution < -0.4 is 5.32 Å². The number of nitrogens with one attached hydrogen (secondary N) is 1. The number of carbonyl (C=O) groups excluding carboxylic acids is 1. The van der Waals surface area contributed by atoms with Crippen molar-refractivity contribution in [2.24, 2.45) is 0 Å². The van der Waals surface area contributed by atoms with E-state index in [4.69, 9.17) is 4.74 Å². The molecule has 1 aromatic heterocycles. The zero-order valence-corrected chi connectivity index (χ0v) is 17.0. The molecular weight excluding hydrogens is 340 g/mol. The number of rotatable bonds is 4. The molecule has 0 aromatic carbocycles. The minimum absolute atomic E-state index is 0.0534. The zero-order valence-electron chi connectivity index (χ0n) is 17.0. The molecule has 2 atom stereocenters. The number of ether oxygens (including phenoxy) is 1. The Kier molecular flexibility index (Phi) is 6.23. The van der Waals surface area contributed by atoms with Gasteiger partial charge < -0.3 is 14.6 Å². The first-order valence-corrected chi connectivity index (χ1v) is 10.2. The van der Waals surface area contributed by atoms with Crippen LogP contribution in [0.25, 0.3) is 0 Å². The zero-order chi connectivity index (χ0) is 19.6. The Balaban J connectivity index is 1.79. The van der Waals surface area contributed by atoms with E-state index in [1.54, 1.807) is 0 Å². The highest BCUT2D eigenvalue weighted by Crippen LogP contribution is 2.36. The molecule has 1 saturated carbocycles. The van der Waals surface area contributed by atoms with E-state index in [1.165, 1.54) is 19.3 Å². The van der Waals surface area contributed by atoms with Gasteiger partial charge in [0.25, 0.3) is 0 Å². The summed E-state index contributed by atoms with van der Waals surface area (Å²) in [6, 6.07) is 2.69. The third-order valence-electron chi connectivity index (χ3n) is 5.93. The molecule has 6 heteroatoms. The second-order valence-electron chi connectivity index (χ2n) is 8.21. The second-order valence-corrected chi connectivity index (χ2v) is 8.21. The van der Waals surface area contributed by atoms with Crippen LogP contribution in [0.2, 0.25) is 0 Å². The summed E-state index contributed by atoms with van der Waals surface area (Å²) < 4.78 is 7.97. The van der Waals surface area contributed by atoms with Crippen molar-refractivity contribution in [2.45, 2.75) is 78.0 Å². The molecule has 27 heavy (non-hydrogen) atoms. The van der Waals surface area contributed by atoms with Crippen LogP contribution in [0.4, 0.5) is 5.82 Å². The number of hydrogen-bond acceptors (Lipinski definition) is 4. The van der Waals surface area contributed by atoms with Gasteiger partial charge in [0.2, 0.25) is 5.91 Å². The maximum absolute atomic E-state index is 12.8. The molecule has 148 valence electrons. The first-order chi connectivity index (χ1) is 12.9. The van der Waals surface area contributed by atoms with E-state index in [0.29, 0.717) is 24.0 Å². The quantitative estimate of drug-likeness (QED) is 0.878. The van der Waals surface area contributed by atoms with Crippen LogP contribution in [0.3, 0.4) is 0 Å². The summed E-state index contributed by atoms with van der Waals surface area (Å²) in [6.07, 6.45) is 6.18. The first-order valence-electron chi connectivity index (χ1n) is 10.2. The van der Waals surface area contributed by atoms with Crippen molar-refractivity contribution in [2.75, 3.05) is 25.0 Å². The molecule has 1 N–H and O–H groups in total. The molecule has 0 bridgehead atoms. The molecule has 2 aliphatic rings. The average molecular weight is 373 g/mol. The molecule has 2 heterocycles. The summed E-state index contributed by atoms with van der Waals surface area (Å²) >= 11 is 0. The lowest BCUT2D eigenvalue weighted by Gasteiger charge is -2.34. The summed E-state index contributed by atoms with van der Waals surface area (Å²) in [5, 5.41) is 12.8. The molecule has 1 aromatic rings. The number of aromatic nitrogens is 1. The van der Waals surface area contributed by atoms with Gasteiger partial charge in [-0.2, -0.15) is 5.26 Å². The molecule has 3 rings (SSSR count). The van der Waals surface area contributed by atoms with E-state index in [0.717, 1.165) is 37.2 Å². The van der Waals surface area contributed by atoms with Crippen LogP contribution in [0.5, 0.6) is 0 Å². The number of anilines is 1. The fourth-order valence-corrected chi connectivity index (χ4v) is 4.67. The fraction of sp³-hybridized carbons (Fsp3) is 0.714. The monoisotopic (exact) mass is 372 g/mol. The lowest BCUT2D eigenvalue weighted by atomic mass is 9.95. The van der Waals surface area contributed by atoms with Gasteiger partial charge in [0.15, 0.2) is 0 Å². The number of amides is 1. The Hall–Kier alpha value is -1.84. The second kappa shape index (κ2) is 8.45. The van der Waals surface area contributed by atoms with E-state index in [9.17, 15) is 10.1 Å². The van der Waals surface area contributed by atoms with Gasteiger partial charge in [0, 0.05) is 24.8 Å². The Morgan fingerprint density at radius 1 is 1.19 bits per heavy atom. The lowest BCUT2D eigenvalue weighted by molar-refractivity contribution is -0.121. The third kappa shape index (κ3) is 4.36. The standard InChI is InChI=1S/C21H32N4O2/c1-14-11-24(12-15(2)27-14)13-20(26)23-21-19(10-22)16(3)17(4)25(21)18-8-6-5-7-9-18/h14-15,18H,5-9,11-13H2,1-4H3,(H,23,26). The van der Waals surface area contributed by atoms with Crippen LogP contribution in [0.15, 0.2) is 0 Å². The molecule has 1 saturated heterocycles. The average Bonchev–Trinajstić information content (AvgIpc) is 2.84. The third-order valence-corrected chi connectivity index (χ3v) is 5.93. The van der Waals surface area contributed by atoms with Crippen LogP contribution in [0.1, 0.15) is 68.8 Å². The van der Waals surface area contributed by atoms with Crippen LogP contribution in [-0.2, 0) is 9.53 Å². The Morgan fingerprint density at radius 2 is 1.81 bits per heavy atom. The first kappa shape index (κ1) is 19.9. The molecule has 1 aliphatic carbocycles. The van der Waals surface area contributed by atoms with Crippen LogP contribution >= 0.6 is 0 Å². The summed E-state index contributed by atoms with van der Waals surface area (Å²) in [7, 11) is 0. The number of morpholine rings is 1. The normalized spacial score (nSPS) is 24.6. The highest BCUT2D eigenvalue weighted by molar-refractivity contribution is 5.93. The van der Waals surface area contributed by atoms with Gasteiger partial charge in [0.05, 0.1) is 24.3 Å². The Morgan fingerprint density at radius 3 is 2.41 bits per heavy atom. The summed E-state index contributed by atoms with van der Waals surface area (Å²) in [5.41, 5.74) is 2.68. The van der Waals surface area contributed by atoms with Crippen molar-refractivity contribution in [3.63, 3.8) is 0 Å². The molecule has 2 unspecified atom stereocenters. The van der Waals surface area contributed by atoms with Crippen molar-refractivity contribution in [3.05, 3.63) is 16.8 Å². The Labute approximate surface area is 162 Å². The van der Waals surface area contributed by atoms with Gasteiger partial charge in [-0.15, -0.1) is 0 Å². The highest BCUT2D eigenvalue weighted by atomic mass is 16.5. The lowest BCUT2D eigenvalue weighted by Crippen LogP contribution is -2.48. The van der Waals surface area contributed by atoms with Crippen molar-refractivity contribution >= 4 is 11.7 Å². The topological polar surface area (TPSA) is 70.3 Å². The maximum Gasteiger partial charge on any atom is 0.239 e. The molecule has 0 spiro atoms. The number of hydrogen-bond donors (Lipinski definition) is 1. The van der Waals surface area contributed by atoms with Crippen molar-refractivity contribution in [1.29, 1.82) is 5.26 Å². The summed E-state index contributed by atoms with van der Waals surface area (Å²) in [6.45, 7) is 9.95. The molecular formula is C21H32N4O2. The number of nitriles is 1. The largest absolute Gasteiger partial charge is 0.373 e. The van der Waals surface area contributed by atoms with Crippen LogP contribution in [0, 0.1) is 25.2 Å². The molecule has 1 amide bonds. The van der Waals surface area contributed by atoms with Crippen LogP contribution in [-0.4, -0.2) is 47.2 Å². The smallest absolute Gasteiger partial charge is 0.239 e. The van der Waals surface area contributed by atoms with Gasteiger partial charge in [-0.25, -0.2) is 0 Å². The van der Waals surface area contributed by atoms with E-state index in [1.807, 2.05) is 20.8 Å². The number of nitrogens with zero attached hydrogens (tertiary/aromatic N) is 3. The summed E-state index contributed by atoms with van der Waals surface area (Å²) in [5.74, 6) is 0.640. The molecule has 0 radical (unpaired) electrons. The van der Waals surface area contributed by atoms with Gasteiger partial charge >= 0.3 is 0 Å². The van der Waals surface area contributed by atoms with Gasteiger partial charge in [-0.1, -0.05) is 19.3 Å². The SMILES string of the molecule is Cc1c(C#N)c(NC(=O)CN2CC(C)OC(C)C2)n(C2CCCCC2)c1C. The predicted molar refractivity (Wildman–Crippen MR) is 106 cm³/mol. The Bertz CT molecular complexity index is 718. The molecule has 1 aliphatic heterocycles. The fourth-order valence-electron chi connectivity index (χ4n) is 4.67. The highest BCUT2D eigenvalue weighted by Gasteiger charge is 2.28. The van der Waals surface area contributed by atoms with E-state index in [2.05, 4.69) is 27.8 Å². The minimum atomic E-state index is -0.0534. The van der Waals surface area contributed by atoms with E-state index in [-0.39, 0.29) is 18.1 Å². The van der Waals surface area contributed by atoms with Crippen molar-refractivity contribution in [3.8, 4) is 6.07 Å². The molecule has 2 fully saturated rings. The van der Waals surface area contributed by atoms with E-state index >= 15 is 0 Å². The maximum atomic E-state index is 12.8. The predicted octanol–water partition coefficient (Wildman–Crippen LogP) is 3.53. The van der Waals surface area contributed by atoms with Crippen molar-refractivity contribution < 1.29 is 9.53 Å². The van der Waals surface area contributed by atoms with Gasteiger partial charge in [-0.3, -0.25) is 9.69 Å². The van der Waals surface area contributed by atoms with E-state index < -0.39 is 0 Å². The number of carbonyl (C=O) groups is 1. The minimum Gasteiger partial charge on any atom is -0.373 e. The van der Waals surface area contributed by atoms with Gasteiger partial charge in [0.1, 0.15) is 11.9 Å². The van der Waals surface area contributed by atoms with Crippen molar-refractivity contribution in [1.82, 2.24) is 9.47 Å². The van der Waals surface area contributed by atoms with Gasteiger partial charge in [-0.05, 0) is 46.1 Å². The molecule has 6 nitrogen and oxygen atoms in total.